The molecule has 1 fully saturated rings. The molecule has 0 aliphatic carbocycles. The van der Waals surface area contributed by atoms with Crippen LogP contribution in [0.1, 0.15) is 26.2 Å². The number of hydrogen-bond donors (Lipinski definition) is 1. The Kier molecular flexibility index (Phi) is 3.53. The molecule has 3 nitrogen and oxygen atoms in total. The van der Waals surface area contributed by atoms with E-state index < -0.39 is 5.97 Å². The molecule has 0 aromatic heterocycles. The minimum absolute atomic E-state index is 0.310. The normalized spacial score (nSPS) is 24.6. The van der Waals surface area contributed by atoms with Crippen molar-refractivity contribution < 1.29 is 9.90 Å². The zero-order valence-corrected chi connectivity index (χ0v) is 7.62. The van der Waals surface area contributed by atoms with Gasteiger partial charge >= 0.3 is 5.97 Å². The van der Waals surface area contributed by atoms with Gasteiger partial charge in [-0.15, -0.1) is 0 Å². The average molecular weight is 171 g/mol. The summed E-state index contributed by atoms with van der Waals surface area (Å²) in [7, 11) is 0. The number of carboxylic acid groups (broad SMARTS) is 1. The summed E-state index contributed by atoms with van der Waals surface area (Å²) >= 11 is 0. The van der Waals surface area contributed by atoms with Crippen molar-refractivity contribution in [2.24, 2.45) is 5.92 Å². The van der Waals surface area contributed by atoms with Crippen molar-refractivity contribution in [2.75, 3.05) is 19.6 Å². The van der Waals surface area contributed by atoms with Gasteiger partial charge in [-0.2, -0.15) is 0 Å². The number of aliphatic carboxylic acids is 1. The summed E-state index contributed by atoms with van der Waals surface area (Å²) in [5, 5.41) is 8.42. The molecule has 1 N–H and O–H groups in total. The monoisotopic (exact) mass is 171 g/mol. The van der Waals surface area contributed by atoms with Gasteiger partial charge in [0.15, 0.2) is 0 Å². The first-order chi connectivity index (χ1) is 5.68. The SMILES string of the molecule is CC1CCN(CCCC(=O)O)C1. The topological polar surface area (TPSA) is 40.5 Å². The molecular formula is C9H17NO2. The van der Waals surface area contributed by atoms with Crippen LogP contribution in [0.15, 0.2) is 0 Å². The van der Waals surface area contributed by atoms with Crippen molar-refractivity contribution >= 4 is 5.97 Å². The van der Waals surface area contributed by atoms with Crippen LogP contribution in [0.2, 0.25) is 0 Å². The maximum Gasteiger partial charge on any atom is 0.303 e. The summed E-state index contributed by atoms with van der Waals surface area (Å²) in [6, 6.07) is 0. The number of nitrogens with zero attached hydrogens (tertiary/aromatic N) is 1. The Morgan fingerprint density at radius 3 is 2.92 bits per heavy atom. The Bertz CT molecular complexity index is 159. The molecular weight excluding hydrogens is 154 g/mol. The summed E-state index contributed by atoms with van der Waals surface area (Å²) < 4.78 is 0. The molecule has 1 atom stereocenters. The van der Waals surface area contributed by atoms with Crippen molar-refractivity contribution in [3.8, 4) is 0 Å². The fourth-order valence-electron chi connectivity index (χ4n) is 1.68. The highest BCUT2D eigenvalue weighted by Crippen LogP contribution is 2.14. The lowest BCUT2D eigenvalue weighted by Gasteiger charge is -2.13. The van der Waals surface area contributed by atoms with E-state index in [4.69, 9.17) is 5.11 Å². The molecule has 1 saturated heterocycles. The molecule has 1 aliphatic heterocycles. The second-order valence-electron chi connectivity index (χ2n) is 3.69. The van der Waals surface area contributed by atoms with Crippen LogP contribution >= 0.6 is 0 Å². The smallest absolute Gasteiger partial charge is 0.303 e. The van der Waals surface area contributed by atoms with E-state index in [0.717, 1.165) is 32.0 Å². The second-order valence-corrected chi connectivity index (χ2v) is 3.69. The minimum Gasteiger partial charge on any atom is -0.481 e. The quantitative estimate of drug-likeness (QED) is 0.690. The molecule has 1 aliphatic rings. The predicted molar refractivity (Wildman–Crippen MR) is 47.1 cm³/mol. The first-order valence-electron chi connectivity index (χ1n) is 4.62. The molecule has 0 bridgehead atoms. The van der Waals surface area contributed by atoms with Crippen molar-refractivity contribution in [3.05, 3.63) is 0 Å². The van der Waals surface area contributed by atoms with E-state index in [-0.39, 0.29) is 0 Å². The maximum atomic E-state index is 10.2. The molecule has 0 spiro atoms. The Balaban J connectivity index is 2.04. The first kappa shape index (κ1) is 9.52. The lowest BCUT2D eigenvalue weighted by atomic mass is 10.2. The lowest BCUT2D eigenvalue weighted by Crippen LogP contribution is -2.22. The molecule has 1 heterocycles. The molecule has 0 aromatic rings. The van der Waals surface area contributed by atoms with Crippen molar-refractivity contribution in [2.45, 2.75) is 26.2 Å². The largest absolute Gasteiger partial charge is 0.481 e. The Morgan fingerprint density at radius 1 is 1.67 bits per heavy atom. The molecule has 70 valence electrons. The molecule has 1 rings (SSSR count). The van der Waals surface area contributed by atoms with Gasteiger partial charge in [0.05, 0.1) is 0 Å². The Labute approximate surface area is 73.4 Å². The van der Waals surface area contributed by atoms with E-state index in [9.17, 15) is 4.79 Å². The minimum atomic E-state index is -0.678. The summed E-state index contributed by atoms with van der Waals surface area (Å²) in [5.41, 5.74) is 0. The third-order valence-electron chi connectivity index (χ3n) is 2.37. The van der Waals surface area contributed by atoms with E-state index in [1.807, 2.05) is 0 Å². The van der Waals surface area contributed by atoms with Crippen molar-refractivity contribution in [1.82, 2.24) is 4.90 Å². The molecule has 3 heteroatoms. The summed E-state index contributed by atoms with van der Waals surface area (Å²) in [4.78, 5) is 12.6. The number of rotatable bonds is 4. The van der Waals surface area contributed by atoms with Crippen LogP contribution < -0.4 is 0 Å². The fourth-order valence-corrected chi connectivity index (χ4v) is 1.68. The summed E-state index contributed by atoms with van der Waals surface area (Å²) in [5.74, 6) is 0.122. The highest BCUT2D eigenvalue weighted by Gasteiger charge is 2.17. The predicted octanol–water partition coefficient (Wildman–Crippen LogP) is 1.19. The molecule has 0 radical (unpaired) electrons. The van der Waals surface area contributed by atoms with E-state index in [1.165, 1.54) is 6.42 Å². The lowest BCUT2D eigenvalue weighted by molar-refractivity contribution is -0.137. The zero-order valence-electron chi connectivity index (χ0n) is 7.62. The third kappa shape index (κ3) is 3.22. The Hall–Kier alpha value is -0.570. The average Bonchev–Trinajstić information content (AvgIpc) is 2.35. The molecule has 0 saturated carbocycles. The summed E-state index contributed by atoms with van der Waals surface area (Å²) in [6.07, 6.45) is 2.38. The van der Waals surface area contributed by atoms with Gasteiger partial charge < -0.3 is 10.0 Å². The molecule has 0 aromatic carbocycles. The van der Waals surface area contributed by atoms with Crippen molar-refractivity contribution in [3.63, 3.8) is 0 Å². The van der Waals surface area contributed by atoms with Gasteiger partial charge in [0, 0.05) is 13.0 Å². The highest BCUT2D eigenvalue weighted by molar-refractivity contribution is 5.66. The second kappa shape index (κ2) is 4.45. The van der Waals surface area contributed by atoms with E-state index in [0.29, 0.717) is 6.42 Å². The van der Waals surface area contributed by atoms with E-state index in [1.54, 1.807) is 0 Å². The van der Waals surface area contributed by atoms with Gasteiger partial charge in [0.1, 0.15) is 0 Å². The van der Waals surface area contributed by atoms with Crippen LogP contribution in [0.3, 0.4) is 0 Å². The molecule has 0 amide bonds. The number of likely N-dealkylation sites (tertiary alicyclic amines) is 1. The van der Waals surface area contributed by atoms with Crippen LogP contribution in [0, 0.1) is 5.92 Å². The van der Waals surface area contributed by atoms with Gasteiger partial charge in [-0.05, 0) is 31.8 Å². The first-order valence-corrected chi connectivity index (χ1v) is 4.62. The Morgan fingerprint density at radius 2 is 2.42 bits per heavy atom. The molecule has 1 unspecified atom stereocenters. The van der Waals surface area contributed by atoms with E-state index in [2.05, 4.69) is 11.8 Å². The van der Waals surface area contributed by atoms with Crippen molar-refractivity contribution in [1.29, 1.82) is 0 Å². The number of carbonyl (C=O) groups is 1. The van der Waals surface area contributed by atoms with Gasteiger partial charge in [-0.25, -0.2) is 0 Å². The van der Waals surface area contributed by atoms with Crippen LogP contribution in [0.4, 0.5) is 0 Å². The van der Waals surface area contributed by atoms with Gasteiger partial charge in [0.2, 0.25) is 0 Å². The van der Waals surface area contributed by atoms with E-state index >= 15 is 0 Å². The number of hydrogen-bond acceptors (Lipinski definition) is 2. The maximum absolute atomic E-state index is 10.2. The summed E-state index contributed by atoms with van der Waals surface area (Å²) in [6.45, 7) is 5.51. The zero-order chi connectivity index (χ0) is 8.97. The van der Waals surface area contributed by atoms with Gasteiger partial charge in [-0.3, -0.25) is 4.79 Å². The van der Waals surface area contributed by atoms with Crippen LogP contribution in [0.25, 0.3) is 0 Å². The highest BCUT2D eigenvalue weighted by atomic mass is 16.4. The number of carboxylic acids is 1. The molecule has 12 heavy (non-hydrogen) atoms. The standard InChI is InChI=1S/C9H17NO2/c1-8-4-6-10(7-8)5-2-3-9(11)12/h8H,2-7H2,1H3,(H,11,12). The fraction of sp³-hybridized carbons (Fsp3) is 0.889. The van der Waals surface area contributed by atoms with Crippen LogP contribution in [-0.2, 0) is 4.79 Å². The van der Waals surface area contributed by atoms with Gasteiger partial charge in [0.25, 0.3) is 0 Å². The van der Waals surface area contributed by atoms with Gasteiger partial charge in [-0.1, -0.05) is 6.92 Å². The van der Waals surface area contributed by atoms with Crippen LogP contribution in [-0.4, -0.2) is 35.6 Å². The van der Waals surface area contributed by atoms with Crippen LogP contribution in [0.5, 0.6) is 0 Å². The third-order valence-corrected chi connectivity index (χ3v) is 2.37.